The number of carbonyl (C=O) groups is 1. The van der Waals surface area contributed by atoms with Crippen molar-refractivity contribution in [1.29, 1.82) is 5.26 Å². The highest BCUT2D eigenvalue weighted by Gasteiger charge is 2.31. The Labute approximate surface area is 133 Å². The average Bonchev–Trinajstić information content (AvgIpc) is 2.47. The van der Waals surface area contributed by atoms with Gasteiger partial charge in [-0.25, -0.2) is 4.79 Å². The Balaban J connectivity index is 1.96. The molecular weight excluding hydrogens is 274 g/mol. The van der Waals surface area contributed by atoms with Crippen LogP contribution in [-0.2, 0) is 11.2 Å². The van der Waals surface area contributed by atoms with Crippen LogP contribution in [0.25, 0.3) is 0 Å². The molecule has 0 radical (unpaired) electrons. The van der Waals surface area contributed by atoms with Crippen LogP contribution in [0.1, 0.15) is 62.4 Å². The van der Waals surface area contributed by atoms with Gasteiger partial charge in [-0.1, -0.05) is 39.0 Å². The highest BCUT2D eigenvalue weighted by atomic mass is 16.5. The van der Waals surface area contributed by atoms with Crippen LogP contribution in [0.4, 0.5) is 0 Å². The minimum absolute atomic E-state index is 0.0150. The first-order valence-corrected chi connectivity index (χ1v) is 8.07. The Morgan fingerprint density at radius 1 is 1.23 bits per heavy atom. The van der Waals surface area contributed by atoms with Gasteiger partial charge in [-0.3, -0.25) is 0 Å². The van der Waals surface area contributed by atoms with Crippen LogP contribution in [0.2, 0.25) is 0 Å². The van der Waals surface area contributed by atoms with Gasteiger partial charge < -0.3 is 4.74 Å². The van der Waals surface area contributed by atoms with Crippen molar-refractivity contribution in [2.75, 3.05) is 0 Å². The summed E-state index contributed by atoms with van der Waals surface area (Å²) in [7, 11) is 0. The molecule has 22 heavy (non-hydrogen) atoms. The summed E-state index contributed by atoms with van der Waals surface area (Å²) in [6.07, 6.45) is 4.36. The van der Waals surface area contributed by atoms with Crippen LogP contribution in [0.3, 0.4) is 0 Å². The van der Waals surface area contributed by atoms with Crippen molar-refractivity contribution in [3.8, 4) is 6.07 Å². The predicted octanol–water partition coefficient (Wildman–Crippen LogP) is 4.51. The molecule has 0 bridgehead atoms. The zero-order valence-electron chi connectivity index (χ0n) is 13.8. The van der Waals surface area contributed by atoms with Crippen molar-refractivity contribution in [3.63, 3.8) is 0 Å². The molecule has 0 aromatic heterocycles. The van der Waals surface area contributed by atoms with Gasteiger partial charge in [0.25, 0.3) is 0 Å². The van der Waals surface area contributed by atoms with Gasteiger partial charge in [0.1, 0.15) is 6.10 Å². The van der Waals surface area contributed by atoms with Crippen LogP contribution >= 0.6 is 0 Å². The predicted molar refractivity (Wildman–Crippen MR) is 86.4 cm³/mol. The van der Waals surface area contributed by atoms with Gasteiger partial charge in [0.2, 0.25) is 0 Å². The fourth-order valence-electron chi connectivity index (χ4n) is 3.22. The zero-order valence-corrected chi connectivity index (χ0v) is 13.8. The summed E-state index contributed by atoms with van der Waals surface area (Å²) in [6, 6.07) is 9.32. The third kappa shape index (κ3) is 4.10. The molecule has 1 aliphatic rings. The number of benzene rings is 1. The fraction of sp³-hybridized carbons (Fsp3) is 0.579. The minimum atomic E-state index is -0.287. The van der Waals surface area contributed by atoms with E-state index in [0.717, 1.165) is 31.2 Å². The van der Waals surface area contributed by atoms with E-state index in [2.05, 4.69) is 26.8 Å². The van der Waals surface area contributed by atoms with Gasteiger partial charge in [0, 0.05) is 0 Å². The average molecular weight is 299 g/mol. The van der Waals surface area contributed by atoms with Crippen LogP contribution in [0.5, 0.6) is 0 Å². The highest BCUT2D eigenvalue weighted by Crippen LogP contribution is 2.38. The molecule has 1 fully saturated rings. The normalized spacial score (nSPS) is 21.9. The van der Waals surface area contributed by atoms with E-state index in [1.165, 1.54) is 0 Å². The van der Waals surface area contributed by atoms with Crippen LogP contribution < -0.4 is 0 Å². The molecule has 0 heterocycles. The molecule has 0 N–H and O–H groups in total. The third-order valence-electron chi connectivity index (χ3n) is 4.68. The molecule has 1 aromatic carbocycles. The van der Waals surface area contributed by atoms with Crippen LogP contribution in [0.15, 0.2) is 24.3 Å². The molecule has 0 saturated heterocycles. The van der Waals surface area contributed by atoms with E-state index in [0.29, 0.717) is 16.9 Å². The van der Waals surface area contributed by atoms with Crippen molar-refractivity contribution in [3.05, 3.63) is 35.4 Å². The Bertz CT molecular complexity index is 558. The van der Waals surface area contributed by atoms with Gasteiger partial charge in [-0.15, -0.1) is 0 Å². The van der Waals surface area contributed by atoms with E-state index in [4.69, 9.17) is 10.00 Å². The summed E-state index contributed by atoms with van der Waals surface area (Å²) in [6.45, 7) is 6.84. The molecule has 1 aliphatic carbocycles. The molecule has 1 aromatic rings. The second-order valence-electron chi connectivity index (χ2n) is 7.24. The third-order valence-corrected chi connectivity index (χ3v) is 4.68. The molecule has 2 rings (SSSR count). The lowest BCUT2D eigenvalue weighted by Crippen LogP contribution is -2.30. The summed E-state index contributed by atoms with van der Waals surface area (Å²) in [4.78, 5) is 12.4. The largest absolute Gasteiger partial charge is 0.459 e. The fourth-order valence-corrected chi connectivity index (χ4v) is 3.22. The Hall–Kier alpha value is -1.82. The van der Waals surface area contributed by atoms with Crippen LogP contribution in [-0.4, -0.2) is 12.1 Å². The number of hydrogen-bond donors (Lipinski definition) is 0. The second-order valence-corrected chi connectivity index (χ2v) is 7.24. The van der Waals surface area contributed by atoms with E-state index >= 15 is 0 Å². The first-order valence-electron chi connectivity index (χ1n) is 8.07. The lowest BCUT2D eigenvalue weighted by atomic mass is 9.72. The van der Waals surface area contributed by atoms with Crippen molar-refractivity contribution >= 4 is 5.97 Å². The summed E-state index contributed by atoms with van der Waals surface area (Å²) in [5, 5.41) is 8.85. The molecule has 0 atom stereocenters. The number of carbonyl (C=O) groups excluding carboxylic acids is 1. The molecule has 118 valence electrons. The molecule has 0 aliphatic heterocycles. The lowest BCUT2D eigenvalue weighted by Gasteiger charge is -2.36. The summed E-state index contributed by atoms with van der Waals surface area (Å²) < 4.78 is 5.68. The standard InChI is InChI=1S/C19H25NO2/c1-19(2,3)15-8-10-16(11-9-15)22-18(21)17-7-5-4-6-14(17)12-13-20/h4-7,15-16H,8-12H2,1-3H3. The van der Waals surface area contributed by atoms with E-state index in [-0.39, 0.29) is 18.5 Å². The first-order chi connectivity index (χ1) is 10.4. The van der Waals surface area contributed by atoms with E-state index in [1.807, 2.05) is 18.2 Å². The molecular formula is C19H25NO2. The van der Waals surface area contributed by atoms with Crippen LogP contribution in [0, 0.1) is 22.7 Å². The summed E-state index contributed by atoms with van der Waals surface area (Å²) in [5.74, 6) is 0.415. The van der Waals surface area contributed by atoms with Crippen molar-refractivity contribution in [2.24, 2.45) is 11.3 Å². The zero-order chi connectivity index (χ0) is 16.2. The van der Waals surface area contributed by atoms with Gasteiger partial charge in [-0.2, -0.15) is 5.26 Å². The number of hydrogen-bond acceptors (Lipinski definition) is 3. The Kier molecular flexibility index (Phi) is 5.24. The number of rotatable bonds is 3. The van der Waals surface area contributed by atoms with Gasteiger partial charge in [-0.05, 0) is 48.6 Å². The minimum Gasteiger partial charge on any atom is -0.459 e. The van der Waals surface area contributed by atoms with Gasteiger partial charge in [0.05, 0.1) is 18.1 Å². The molecule has 3 nitrogen and oxygen atoms in total. The molecule has 0 unspecified atom stereocenters. The van der Waals surface area contributed by atoms with E-state index in [9.17, 15) is 4.79 Å². The smallest absolute Gasteiger partial charge is 0.338 e. The monoisotopic (exact) mass is 299 g/mol. The maximum absolute atomic E-state index is 12.4. The van der Waals surface area contributed by atoms with Gasteiger partial charge >= 0.3 is 5.97 Å². The van der Waals surface area contributed by atoms with E-state index in [1.54, 1.807) is 6.07 Å². The van der Waals surface area contributed by atoms with Gasteiger partial charge in [0.15, 0.2) is 0 Å². The quantitative estimate of drug-likeness (QED) is 0.771. The number of nitrogens with zero attached hydrogens (tertiary/aromatic N) is 1. The van der Waals surface area contributed by atoms with Crippen molar-refractivity contribution in [2.45, 2.75) is 59.0 Å². The van der Waals surface area contributed by atoms with E-state index < -0.39 is 0 Å². The maximum Gasteiger partial charge on any atom is 0.338 e. The Morgan fingerprint density at radius 3 is 2.45 bits per heavy atom. The SMILES string of the molecule is CC(C)(C)C1CCC(OC(=O)c2ccccc2CC#N)CC1. The number of ether oxygens (including phenoxy) is 1. The highest BCUT2D eigenvalue weighted by molar-refractivity contribution is 5.91. The molecule has 1 saturated carbocycles. The summed E-state index contributed by atoms with van der Waals surface area (Å²) in [5.41, 5.74) is 1.61. The number of nitriles is 1. The number of esters is 1. The molecule has 0 spiro atoms. The Morgan fingerprint density at radius 2 is 1.86 bits per heavy atom. The first kappa shape index (κ1) is 16.5. The molecule has 3 heteroatoms. The topological polar surface area (TPSA) is 50.1 Å². The maximum atomic E-state index is 12.4. The van der Waals surface area contributed by atoms with Crippen molar-refractivity contribution < 1.29 is 9.53 Å². The van der Waals surface area contributed by atoms with Crippen molar-refractivity contribution in [1.82, 2.24) is 0 Å². The summed E-state index contributed by atoms with van der Waals surface area (Å²) >= 11 is 0. The lowest BCUT2D eigenvalue weighted by molar-refractivity contribution is 0.00921. The molecule has 0 amide bonds. The second kappa shape index (κ2) is 6.96.